The molecule has 2 heterocycles. The van der Waals surface area contributed by atoms with E-state index >= 15 is 0 Å². The molecule has 0 unspecified atom stereocenters. The molecule has 146 valence electrons. The van der Waals surface area contributed by atoms with Gasteiger partial charge in [0, 0.05) is 32.1 Å². The molecular weight excluding hydrogens is 347 g/mol. The van der Waals surface area contributed by atoms with Crippen molar-refractivity contribution >= 4 is 11.6 Å². The molecule has 0 radical (unpaired) electrons. The minimum atomic E-state index is -0.445. The van der Waals surface area contributed by atoms with Gasteiger partial charge in [-0.1, -0.05) is 30.1 Å². The quantitative estimate of drug-likeness (QED) is 0.857. The Morgan fingerprint density at radius 3 is 2.59 bits per heavy atom. The number of amides is 1. The van der Waals surface area contributed by atoms with E-state index in [1.165, 1.54) is 25.0 Å². The molecule has 1 aromatic rings. The van der Waals surface area contributed by atoms with Gasteiger partial charge in [0.2, 0.25) is 5.91 Å². The van der Waals surface area contributed by atoms with Gasteiger partial charge in [0.05, 0.1) is 11.1 Å². The molecule has 5 nitrogen and oxygen atoms in total. The standard InChI is InChI=1S/C21H27FN2O3/c22-16-7-5-15(6-8-16)19-13-18(27-24-19)14-21(9-11-26-12-10-21)20(25)23-17-3-1-2-4-17/h5-8,17-18H,1-4,9-14H2,(H,23,25)/t18-/m1/s1. The summed E-state index contributed by atoms with van der Waals surface area (Å²) in [5.41, 5.74) is 1.24. The van der Waals surface area contributed by atoms with Crippen molar-refractivity contribution in [3.8, 4) is 0 Å². The maximum atomic E-state index is 13.2. The average Bonchev–Trinajstić information content (AvgIpc) is 3.35. The van der Waals surface area contributed by atoms with E-state index in [0.717, 1.165) is 37.0 Å². The van der Waals surface area contributed by atoms with Gasteiger partial charge in [0.25, 0.3) is 0 Å². The first-order valence-electron chi connectivity index (χ1n) is 10.0. The first-order valence-corrected chi connectivity index (χ1v) is 10.0. The van der Waals surface area contributed by atoms with Crippen molar-refractivity contribution in [3.63, 3.8) is 0 Å². The molecule has 1 aliphatic carbocycles. The molecule has 0 aromatic heterocycles. The predicted octanol–water partition coefficient (Wildman–Crippen LogP) is 3.56. The summed E-state index contributed by atoms with van der Waals surface area (Å²) in [4.78, 5) is 18.8. The van der Waals surface area contributed by atoms with E-state index in [1.54, 1.807) is 12.1 Å². The van der Waals surface area contributed by atoms with Gasteiger partial charge in [-0.05, 0) is 43.4 Å². The lowest BCUT2D eigenvalue weighted by atomic mass is 9.74. The summed E-state index contributed by atoms with van der Waals surface area (Å²) in [7, 11) is 0. The van der Waals surface area contributed by atoms with Crippen LogP contribution >= 0.6 is 0 Å². The molecular formula is C21H27FN2O3. The number of halogens is 1. The van der Waals surface area contributed by atoms with Gasteiger partial charge in [0.15, 0.2) is 0 Å². The van der Waals surface area contributed by atoms with E-state index in [0.29, 0.717) is 32.1 Å². The third kappa shape index (κ3) is 4.15. The van der Waals surface area contributed by atoms with E-state index < -0.39 is 5.41 Å². The topological polar surface area (TPSA) is 59.9 Å². The predicted molar refractivity (Wildman–Crippen MR) is 99.9 cm³/mol. The molecule has 1 amide bonds. The second-order valence-electron chi connectivity index (χ2n) is 8.03. The molecule has 6 heteroatoms. The van der Waals surface area contributed by atoms with Crippen LogP contribution < -0.4 is 5.32 Å². The van der Waals surface area contributed by atoms with Crippen molar-refractivity contribution in [1.29, 1.82) is 0 Å². The number of carbonyl (C=O) groups excluding carboxylic acids is 1. The van der Waals surface area contributed by atoms with Crippen LogP contribution in [0.1, 0.15) is 56.9 Å². The van der Waals surface area contributed by atoms with E-state index in [4.69, 9.17) is 9.57 Å². The summed E-state index contributed by atoms with van der Waals surface area (Å²) >= 11 is 0. The zero-order valence-electron chi connectivity index (χ0n) is 15.6. The lowest BCUT2D eigenvalue weighted by Gasteiger charge is -2.37. The van der Waals surface area contributed by atoms with E-state index in [9.17, 15) is 9.18 Å². The number of oxime groups is 1. The Labute approximate surface area is 159 Å². The summed E-state index contributed by atoms with van der Waals surface area (Å²) in [6.45, 7) is 1.22. The molecule has 2 aliphatic heterocycles. The second kappa shape index (κ2) is 7.97. The minimum absolute atomic E-state index is 0.127. The minimum Gasteiger partial charge on any atom is -0.392 e. The monoisotopic (exact) mass is 374 g/mol. The van der Waals surface area contributed by atoms with Crippen LogP contribution in [0.2, 0.25) is 0 Å². The number of carbonyl (C=O) groups is 1. The Bertz CT molecular complexity index is 692. The normalized spacial score (nSPS) is 25.1. The molecule has 1 saturated heterocycles. The fourth-order valence-corrected chi connectivity index (χ4v) is 4.48. The van der Waals surface area contributed by atoms with Crippen LogP contribution in [0.4, 0.5) is 4.39 Å². The first-order chi connectivity index (χ1) is 13.1. The van der Waals surface area contributed by atoms with Crippen LogP contribution in [0.25, 0.3) is 0 Å². The maximum Gasteiger partial charge on any atom is 0.226 e. The average molecular weight is 374 g/mol. The largest absolute Gasteiger partial charge is 0.392 e. The summed E-state index contributed by atoms with van der Waals surface area (Å²) in [5, 5.41) is 7.49. The molecule has 1 saturated carbocycles. The highest BCUT2D eigenvalue weighted by molar-refractivity contribution is 6.01. The van der Waals surface area contributed by atoms with Crippen molar-refractivity contribution in [2.75, 3.05) is 13.2 Å². The van der Waals surface area contributed by atoms with Crippen LogP contribution in [-0.4, -0.2) is 37.0 Å². The summed E-state index contributed by atoms with van der Waals surface area (Å²) in [6, 6.07) is 6.61. The second-order valence-corrected chi connectivity index (χ2v) is 8.03. The number of nitrogens with one attached hydrogen (secondary N) is 1. The van der Waals surface area contributed by atoms with Gasteiger partial charge >= 0.3 is 0 Å². The Morgan fingerprint density at radius 1 is 1.19 bits per heavy atom. The van der Waals surface area contributed by atoms with Gasteiger partial charge in [-0.2, -0.15) is 0 Å². The van der Waals surface area contributed by atoms with E-state index in [-0.39, 0.29) is 17.8 Å². The Kier molecular flexibility index (Phi) is 5.43. The summed E-state index contributed by atoms with van der Waals surface area (Å²) in [6.07, 6.45) is 7.15. The molecule has 0 bridgehead atoms. The third-order valence-electron chi connectivity index (χ3n) is 6.15. The maximum absolute atomic E-state index is 13.2. The molecule has 1 atom stereocenters. The van der Waals surface area contributed by atoms with Crippen molar-refractivity contribution in [2.45, 2.75) is 63.5 Å². The molecule has 4 rings (SSSR count). The molecule has 1 aromatic carbocycles. The Balaban J connectivity index is 1.41. The summed E-state index contributed by atoms with van der Waals surface area (Å²) in [5.74, 6) is -0.115. The van der Waals surface area contributed by atoms with Crippen LogP contribution in [0.3, 0.4) is 0 Å². The van der Waals surface area contributed by atoms with Gasteiger partial charge in [0.1, 0.15) is 11.9 Å². The van der Waals surface area contributed by atoms with Gasteiger partial charge < -0.3 is 14.9 Å². The van der Waals surface area contributed by atoms with Gasteiger partial charge in [-0.15, -0.1) is 0 Å². The molecule has 1 N–H and O–H groups in total. The molecule has 0 spiro atoms. The lowest BCUT2D eigenvalue weighted by molar-refractivity contribution is -0.140. The lowest BCUT2D eigenvalue weighted by Crippen LogP contribution is -2.49. The number of rotatable bonds is 5. The van der Waals surface area contributed by atoms with Crippen molar-refractivity contribution in [2.24, 2.45) is 10.6 Å². The Morgan fingerprint density at radius 2 is 1.89 bits per heavy atom. The van der Waals surface area contributed by atoms with Crippen molar-refractivity contribution < 1.29 is 18.8 Å². The first kappa shape index (κ1) is 18.4. The highest BCUT2D eigenvalue weighted by Crippen LogP contribution is 2.39. The highest BCUT2D eigenvalue weighted by atomic mass is 19.1. The summed E-state index contributed by atoms with van der Waals surface area (Å²) < 4.78 is 18.7. The smallest absolute Gasteiger partial charge is 0.226 e. The van der Waals surface area contributed by atoms with Gasteiger partial charge in [-0.3, -0.25) is 4.79 Å². The fraction of sp³-hybridized carbons (Fsp3) is 0.619. The zero-order valence-corrected chi connectivity index (χ0v) is 15.6. The van der Waals surface area contributed by atoms with Crippen LogP contribution in [-0.2, 0) is 14.4 Å². The number of hydrogen-bond donors (Lipinski definition) is 1. The highest BCUT2D eigenvalue weighted by Gasteiger charge is 2.44. The van der Waals surface area contributed by atoms with E-state index in [1.807, 2.05) is 0 Å². The van der Waals surface area contributed by atoms with Crippen LogP contribution in [0, 0.1) is 11.2 Å². The number of benzene rings is 1. The molecule has 2 fully saturated rings. The van der Waals surface area contributed by atoms with Gasteiger partial charge in [-0.25, -0.2) is 4.39 Å². The third-order valence-corrected chi connectivity index (χ3v) is 6.15. The van der Waals surface area contributed by atoms with Crippen molar-refractivity contribution in [3.05, 3.63) is 35.6 Å². The van der Waals surface area contributed by atoms with E-state index in [2.05, 4.69) is 10.5 Å². The zero-order chi connectivity index (χ0) is 18.7. The van der Waals surface area contributed by atoms with Crippen molar-refractivity contribution in [1.82, 2.24) is 5.32 Å². The van der Waals surface area contributed by atoms with Crippen LogP contribution in [0.5, 0.6) is 0 Å². The fourth-order valence-electron chi connectivity index (χ4n) is 4.48. The van der Waals surface area contributed by atoms with Crippen LogP contribution in [0.15, 0.2) is 29.4 Å². The SMILES string of the molecule is O=C(NC1CCCC1)C1(C[C@H]2CC(c3ccc(F)cc3)=NO2)CCOCC1. The molecule has 27 heavy (non-hydrogen) atoms. The number of ether oxygens (including phenoxy) is 1. The number of hydrogen-bond acceptors (Lipinski definition) is 4. The Hall–Kier alpha value is -1.95. The number of nitrogens with zero attached hydrogens (tertiary/aromatic N) is 1. The molecule has 3 aliphatic rings.